The molecule has 0 spiro atoms. The van der Waals surface area contributed by atoms with Gasteiger partial charge in [-0.2, -0.15) is 0 Å². The highest BCUT2D eigenvalue weighted by molar-refractivity contribution is 5.69. The van der Waals surface area contributed by atoms with Crippen molar-refractivity contribution in [1.29, 1.82) is 0 Å². The zero-order valence-electron chi connectivity index (χ0n) is 13.6. The molecule has 3 aromatic rings. The van der Waals surface area contributed by atoms with Crippen molar-refractivity contribution in [2.75, 3.05) is 14.2 Å². The Bertz CT molecular complexity index is 889. The van der Waals surface area contributed by atoms with E-state index in [2.05, 4.69) is 16.8 Å². The number of pyridine rings is 1. The van der Waals surface area contributed by atoms with E-state index in [9.17, 15) is 0 Å². The molecule has 24 heavy (non-hydrogen) atoms. The van der Waals surface area contributed by atoms with Crippen LogP contribution < -0.4 is 9.47 Å². The highest BCUT2D eigenvalue weighted by Gasteiger charge is 2.05. The maximum Gasteiger partial charge on any atom is 0.213 e. The van der Waals surface area contributed by atoms with Gasteiger partial charge >= 0.3 is 0 Å². The Kier molecular flexibility index (Phi) is 4.78. The van der Waals surface area contributed by atoms with Crippen molar-refractivity contribution >= 4 is 0 Å². The van der Waals surface area contributed by atoms with E-state index in [1.54, 1.807) is 14.2 Å². The Balaban J connectivity index is 1.96. The number of methoxy groups -OCH3 is 2. The van der Waals surface area contributed by atoms with Gasteiger partial charge in [-0.3, -0.25) is 0 Å². The Morgan fingerprint density at radius 1 is 0.750 bits per heavy atom. The normalized spacial score (nSPS) is 9.75. The second kappa shape index (κ2) is 7.34. The van der Waals surface area contributed by atoms with Gasteiger partial charge in [0, 0.05) is 22.8 Å². The summed E-state index contributed by atoms with van der Waals surface area (Å²) in [5.41, 5.74) is 3.68. The maximum absolute atomic E-state index is 5.21. The first kappa shape index (κ1) is 15.6. The average molecular weight is 315 g/mol. The molecule has 0 amide bonds. The molecule has 0 aliphatic heterocycles. The topological polar surface area (TPSA) is 31.4 Å². The molecule has 3 heteroatoms. The molecule has 0 atom stereocenters. The third-order valence-electron chi connectivity index (χ3n) is 3.57. The summed E-state index contributed by atoms with van der Waals surface area (Å²) in [6.07, 6.45) is 0. The quantitative estimate of drug-likeness (QED) is 0.680. The lowest BCUT2D eigenvalue weighted by Gasteiger charge is -2.05. The minimum atomic E-state index is 0.588. The van der Waals surface area contributed by atoms with Gasteiger partial charge in [0.15, 0.2) is 0 Å². The van der Waals surface area contributed by atoms with Gasteiger partial charge in [0.05, 0.1) is 19.9 Å². The van der Waals surface area contributed by atoms with Crippen LogP contribution in [-0.4, -0.2) is 19.2 Å². The minimum absolute atomic E-state index is 0.588. The second-order valence-corrected chi connectivity index (χ2v) is 5.09. The molecular formula is C21H17NO2. The summed E-state index contributed by atoms with van der Waals surface area (Å²) >= 11 is 0. The molecule has 0 bridgehead atoms. The first-order chi connectivity index (χ1) is 11.8. The number of nitrogens with zero attached hydrogens (tertiary/aromatic N) is 1. The van der Waals surface area contributed by atoms with Crippen LogP contribution in [0.3, 0.4) is 0 Å². The molecule has 1 heterocycles. The molecule has 3 nitrogen and oxygen atoms in total. The van der Waals surface area contributed by atoms with E-state index >= 15 is 0 Å². The number of hydrogen-bond acceptors (Lipinski definition) is 3. The van der Waals surface area contributed by atoms with Crippen LogP contribution in [-0.2, 0) is 0 Å². The molecule has 0 fully saturated rings. The fraction of sp³-hybridized carbons (Fsp3) is 0.0952. The van der Waals surface area contributed by atoms with E-state index < -0.39 is 0 Å². The standard InChI is InChI=1S/C21H17NO2/c1-23-18-14-11-16(12-15-18)10-13-17-6-3-4-7-19(17)20-8-5-9-21(22-20)24-2/h3-9,11-12,14-15H,1-2H3. The van der Waals surface area contributed by atoms with Crippen molar-refractivity contribution in [1.82, 2.24) is 4.98 Å². The van der Waals surface area contributed by atoms with E-state index in [4.69, 9.17) is 9.47 Å². The lowest BCUT2D eigenvalue weighted by Crippen LogP contribution is -1.91. The number of aromatic nitrogens is 1. The van der Waals surface area contributed by atoms with Crippen molar-refractivity contribution < 1.29 is 9.47 Å². The summed E-state index contributed by atoms with van der Waals surface area (Å²) in [6.45, 7) is 0. The molecule has 0 radical (unpaired) electrons. The first-order valence-electron chi connectivity index (χ1n) is 7.56. The third kappa shape index (κ3) is 3.56. The van der Waals surface area contributed by atoms with Gasteiger partial charge in [-0.25, -0.2) is 4.98 Å². The van der Waals surface area contributed by atoms with Crippen LogP contribution in [0.25, 0.3) is 11.3 Å². The summed E-state index contributed by atoms with van der Waals surface area (Å²) in [7, 11) is 3.26. The molecule has 2 aromatic carbocycles. The van der Waals surface area contributed by atoms with Crippen LogP contribution in [0.5, 0.6) is 11.6 Å². The van der Waals surface area contributed by atoms with Gasteiger partial charge in [-0.05, 0) is 36.4 Å². The summed E-state index contributed by atoms with van der Waals surface area (Å²) in [4.78, 5) is 4.49. The van der Waals surface area contributed by atoms with E-state index in [1.807, 2.05) is 66.7 Å². The average Bonchev–Trinajstić information content (AvgIpc) is 2.67. The summed E-state index contributed by atoms with van der Waals surface area (Å²) in [5.74, 6) is 7.83. The van der Waals surface area contributed by atoms with Crippen molar-refractivity contribution in [3.05, 3.63) is 77.9 Å². The van der Waals surface area contributed by atoms with E-state index in [-0.39, 0.29) is 0 Å². The zero-order chi connectivity index (χ0) is 16.8. The monoisotopic (exact) mass is 315 g/mol. The Morgan fingerprint density at radius 3 is 2.29 bits per heavy atom. The van der Waals surface area contributed by atoms with Gasteiger partial charge in [-0.1, -0.05) is 36.1 Å². The van der Waals surface area contributed by atoms with Crippen molar-refractivity contribution in [3.8, 4) is 34.7 Å². The fourth-order valence-electron chi connectivity index (χ4n) is 2.31. The third-order valence-corrected chi connectivity index (χ3v) is 3.57. The zero-order valence-corrected chi connectivity index (χ0v) is 13.6. The fourth-order valence-corrected chi connectivity index (χ4v) is 2.31. The van der Waals surface area contributed by atoms with Crippen molar-refractivity contribution in [2.24, 2.45) is 0 Å². The largest absolute Gasteiger partial charge is 0.497 e. The predicted octanol–water partition coefficient (Wildman–Crippen LogP) is 4.17. The van der Waals surface area contributed by atoms with E-state index in [0.717, 1.165) is 28.1 Å². The van der Waals surface area contributed by atoms with Crippen LogP contribution in [0.2, 0.25) is 0 Å². The molecule has 118 valence electrons. The molecule has 0 saturated heterocycles. The number of ether oxygens (including phenoxy) is 2. The van der Waals surface area contributed by atoms with Gasteiger partial charge in [0.1, 0.15) is 5.75 Å². The smallest absolute Gasteiger partial charge is 0.213 e. The molecular weight excluding hydrogens is 298 g/mol. The van der Waals surface area contributed by atoms with Crippen molar-refractivity contribution in [2.45, 2.75) is 0 Å². The first-order valence-corrected chi connectivity index (χ1v) is 7.56. The Labute approximate surface area is 141 Å². The maximum atomic E-state index is 5.21. The Morgan fingerprint density at radius 2 is 1.54 bits per heavy atom. The minimum Gasteiger partial charge on any atom is -0.497 e. The summed E-state index contributed by atoms with van der Waals surface area (Å²) in [5, 5.41) is 0. The molecule has 0 aliphatic carbocycles. The number of benzene rings is 2. The van der Waals surface area contributed by atoms with Crippen LogP contribution >= 0.6 is 0 Å². The van der Waals surface area contributed by atoms with Crippen LogP contribution in [0, 0.1) is 11.8 Å². The highest BCUT2D eigenvalue weighted by Crippen LogP contribution is 2.23. The molecule has 0 N–H and O–H groups in total. The van der Waals surface area contributed by atoms with Gasteiger partial charge < -0.3 is 9.47 Å². The molecule has 0 aliphatic rings. The summed E-state index contributed by atoms with van der Waals surface area (Å²) in [6, 6.07) is 21.4. The molecule has 0 saturated carbocycles. The van der Waals surface area contributed by atoms with E-state index in [0.29, 0.717) is 5.88 Å². The SMILES string of the molecule is COc1ccc(C#Cc2ccccc2-c2cccc(OC)n2)cc1. The second-order valence-electron chi connectivity index (χ2n) is 5.09. The van der Waals surface area contributed by atoms with Crippen LogP contribution in [0.1, 0.15) is 11.1 Å². The number of rotatable bonds is 3. The van der Waals surface area contributed by atoms with Crippen LogP contribution in [0.15, 0.2) is 66.7 Å². The summed E-state index contributed by atoms with van der Waals surface area (Å²) < 4.78 is 10.4. The van der Waals surface area contributed by atoms with Gasteiger partial charge in [-0.15, -0.1) is 0 Å². The van der Waals surface area contributed by atoms with Crippen molar-refractivity contribution in [3.63, 3.8) is 0 Å². The Hall–Kier alpha value is -3.25. The van der Waals surface area contributed by atoms with E-state index in [1.165, 1.54) is 0 Å². The molecule has 1 aromatic heterocycles. The van der Waals surface area contributed by atoms with Gasteiger partial charge in [0.25, 0.3) is 0 Å². The molecule has 3 rings (SSSR count). The van der Waals surface area contributed by atoms with Gasteiger partial charge in [0.2, 0.25) is 5.88 Å². The van der Waals surface area contributed by atoms with Crippen LogP contribution in [0.4, 0.5) is 0 Å². The lowest BCUT2D eigenvalue weighted by atomic mass is 10.0. The highest BCUT2D eigenvalue weighted by atomic mass is 16.5. The lowest BCUT2D eigenvalue weighted by molar-refractivity contribution is 0.398. The predicted molar refractivity (Wildman–Crippen MR) is 95.2 cm³/mol. The number of hydrogen-bond donors (Lipinski definition) is 0. The molecule has 0 unspecified atom stereocenters.